The van der Waals surface area contributed by atoms with E-state index >= 15 is 0 Å². The Labute approximate surface area is 110 Å². The number of hydrogen-bond acceptors (Lipinski definition) is 3. The van der Waals surface area contributed by atoms with Crippen LogP contribution in [0.3, 0.4) is 0 Å². The van der Waals surface area contributed by atoms with Gasteiger partial charge in [0.2, 0.25) is 0 Å². The molecule has 2 nitrogen and oxygen atoms in total. The maximum atomic E-state index is 13.1. The van der Waals surface area contributed by atoms with E-state index in [1.807, 2.05) is 0 Å². The van der Waals surface area contributed by atoms with Crippen LogP contribution in [0.25, 0.3) is 0 Å². The van der Waals surface area contributed by atoms with E-state index in [1.54, 1.807) is 11.8 Å². The molecule has 1 heterocycles. The van der Waals surface area contributed by atoms with E-state index in [1.165, 1.54) is 6.07 Å². The molecule has 0 aromatic heterocycles. The van der Waals surface area contributed by atoms with E-state index < -0.39 is 11.6 Å². The first-order valence-electron chi connectivity index (χ1n) is 5.97. The van der Waals surface area contributed by atoms with E-state index in [-0.39, 0.29) is 5.54 Å². The van der Waals surface area contributed by atoms with Gasteiger partial charge in [0.25, 0.3) is 0 Å². The average molecular weight is 270 g/mol. The Morgan fingerprint density at radius 3 is 2.83 bits per heavy atom. The molecule has 0 saturated heterocycles. The van der Waals surface area contributed by atoms with Gasteiger partial charge >= 0.3 is 0 Å². The lowest BCUT2D eigenvalue weighted by Crippen LogP contribution is -2.29. The van der Waals surface area contributed by atoms with Crippen LogP contribution >= 0.6 is 11.8 Å². The van der Waals surface area contributed by atoms with Gasteiger partial charge in [0.05, 0.1) is 5.54 Å². The highest BCUT2D eigenvalue weighted by molar-refractivity contribution is 8.14. The molecular weight excluding hydrogens is 254 g/mol. The molecule has 98 valence electrons. The SMILES string of the molecule is CCC1(C)CCSC(Nc2ccc(F)c(F)c2)=N1. The van der Waals surface area contributed by atoms with Crippen LogP contribution in [0.1, 0.15) is 26.7 Å². The lowest BCUT2D eigenvalue weighted by Gasteiger charge is -2.29. The molecule has 1 aromatic carbocycles. The lowest BCUT2D eigenvalue weighted by atomic mass is 9.97. The number of nitrogens with zero attached hydrogens (tertiary/aromatic N) is 1. The Kier molecular flexibility index (Phi) is 3.90. The van der Waals surface area contributed by atoms with Gasteiger partial charge < -0.3 is 5.32 Å². The van der Waals surface area contributed by atoms with Crippen LogP contribution in [0.2, 0.25) is 0 Å². The smallest absolute Gasteiger partial charge is 0.161 e. The number of hydrogen-bond donors (Lipinski definition) is 1. The van der Waals surface area contributed by atoms with Gasteiger partial charge in [-0.05, 0) is 31.9 Å². The molecule has 0 spiro atoms. The average Bonchev–Trinajstić information content (AvgIpc) is 2.34. The summed E-state index contributed by atoms with van der Waals surface area (Å²) in [7, 11) is 0. The normalized spacial score (nSPS) is 23.7. The van der Waals surface area contributed by atoms with Crippen molar-refractivity contribution in [1.29, 1.82) is 0 Å². The van der Waals surface area contributed by atoms with Crippen LogP contribution in [-0.2, 0) is 0 Å². The fourth-order valence-corrected chi connectivity index (χ4v) is 2.93. The number of anilines is 1. The summed E-state index contributed by atoms with van der Waals surface area (Å²) in [6, 6.07) is 3.78. The molecule has 1 aromatic rings. The molecular formula is C13H16F2N2S. The minimum atomic E-state index is -0.848. The van der Waals surface area contributed by atoms with Crippen molar-refractivity contribution in [2.24, 2.45) is 4.99 Å². The van der Waals surface area contributed by atoms with E-state index in [4.69, 9.17) is 0 Å². The number of benzene rings is 1. The fourth-order valence-electron chi connectivity index (χ4n) is 1.72. The summed E-state index contributed by atoms with van der Waals surface area (Å²) in [5.74, 6) is -0.698. The van der Waals surface area contributed by atoms with Gasteiger partial charge in [-0.15, -0.1) is 0 Å². The molecule has 0 radical (unpaired) electrons. The highest BCUT2D eigenvalue weighted by Crippen LogP contribution is 2.29. The molecule has 18 heavy (non-hydrogen) atoms. The zero-order chi connectivity index (χ0) is 13.2. The summed E-state index contributed by atoms with van der Waals surface area (Å²) in [6.45, 7) is 4.22. The van der Waals surface area contributed by atoms with Crippen molar-refractivity contribution in [2.75, 3.05) is 11.1 Å². The van der Waals surface area contributed by atoms with Gasteiger partial charge in [-0.3, -0.25) is 4.99 Å². The first-order chi connectivity index (χ1) is 8.52. The number of halogens is 2. The molecule has 1 atom stereocenters. The van der Waals surface area contributed by atoms with Crippen LogP contribution in [0, 0.1) is 11.6 Å². The molecule has 1 aliphatic rings. The molecule has 0 aliphatic carbocycles. The standard InChI is InChI=1S/C13H16F2N2S/c1-3-13(2)6-7-18-12(17-13)16-9-4-5-10(14)11(15)8-9/h4-5,8H,3,6-7H2,1-2H3,(H,16,17). The third kappa shape index (κ3) is 3.02. The second-order valence-corrected chi connectivity index (χ2v) is 5.70. The van der Waals surface area contributed by atoms with Crippen LogP contribution < -0.4 is 5.32 Å². The summed E-state index contributed by atoms with van der Waals surface area (Å²) in [4.78, 5) is 4.63. The summed E-state index contributed by atoms with van der Waals surface area (Å²) in [6.07, 6.45) is 2.01. The van der Waals surface area contributed by atoms with E-state index in [9.17, 15) is 8.78 Å². The van der Waals surface area contributed by atoms with Gasteiger partial charge in [-0.1, -0.05) is 18.7 Å². The highest BCUT2D eigenvalue weighted by Gasteiger charge is 2.25. The second kappa shape index (κ2) is 5.26. The van der Waals surface area contributed by atoms with Crippen molar-refractivity contribution in [3.05, 3.63) is 29.8 Å². The molecule has 1 aliphatic heterocycles. The second-order valence-electron chi connectivity index (χ2n) is 4.62. The molecule has 0 amide bonds. The van der Waals surface area contributed by atoms with Gasteiger partial charge in [-0.25, -0.2) is 8.78 Å². The summed E-state index contributed by atoms with van der Waals surface area (Å²) < 4.78 is 25.9. The molecule has 2 rings (SSSR count). The topological polar surface area (TPSA) is 24.4 Å². The number of amidine groups is 1. The van der Waals surface area contributed by atoms with Crippen molar-refractivity contribution in [2.45, 2.75) is 32.2 Å². The number of nitrogens with one attached hydrogen (secondary N) is 1. The number of rotatable bonds is 2. The quantitative estimate of drug-likeness (QED) is 0.877. The third-order valence-electron chi connectivity index (χ3n) is 3.18. The van der Waals surface area contributed by atoms with Crippen LogP contribution in [-0.4, -0.2) is 16.5 Å². The Morgan fingerprint density at radius 1 is 1.39 bits per heavy atom. The number of aliphatic imine (C=N–C) groups is 1. The third-order valence-corrected chi connectivity index (χ3v) is 4.06. The molecule has 0 fully saturated rings. The van der Waals surface area contributed by atoms with Gasteiger partial charge in [0, 0.05) is 17.5 Å². The molecule has 0 saturated carbocycles. The van der Waals surface area contributed by atoms with Crippen LogP contribution in [0.4, 0.5) is 14.5 Å². The Balaban J connectivity index is 2.16. The number of thioether (sulfide) groups is 1. The van der Waals surface area contributed by atoms with Gasteiger partial charge in [-0.2, -0.15) is 0 Å². The molecule has 1 N–H and O–H groups in total. The van der Waals surface area contributed by atoms with Gasteiger partial charge in [0.1, 0.15) is 0 Å². The minimum Gasteiger partial charge on any atom is -0.335 e. The maximum Gasteiger partial charge on any atom is 0.161 e. The van der Waals surface area contributed by atoms with Crippen molar-refractivity contribution >= 4 is 22.6 Å². The predicted molar refractivity (Wildman–Crippen MR) is 73.2 cm³/mol. The Bertz CT molecular complexity index is 476. The largest absolute Gasteiger partial charge is 0.335 e. The van der Waals surface area contributed by atoms with Crippen molar-refractivity contribution in [3.63, 3.8) is 0 Å². The molecule has 0 bridgehead atoms. The Morgan fingerprint density at radius 2 is 2.17 bits per heavy atom. The molecule has 5 heteroatoms. The highest BCUT2D eigenvalue weighted by atomic mass is 32.2. The van der Waals surface area contributed by atoms with Crippen molar-refractivity contribution in [1.82, 2.24) is 0 Å². The lowest BCUT2D eigenvalue weighted by molar-refractivity contribution is 0.443. The summed E-state index contributed by atoms with van der Waals surface area (Å²) in [5.41, 5.74) is 0.479. The Hall–Kier alpha value is -1.10. The van der Waals surface area contributed by atoms with Gasteiger partial charge in [0.15, 0.2) is 16.8 Å². The van der Waals surface area contributed by atoms with E-state index in [0.29, 0.717) is 5.69 Å². The first-order valence-corrected chi connectivity index (χ1v) is 6.96. The maximum absolute atomic E-state index is 13.1. The first kappa shape index (κ1) is 13.3. The zero-order valence-corrected chi connectivity index (χ0v) is 11.3. The van der Waals surface area contributed by atoms with Crippen LogP contribution in [0.5, 0.6) is 0 Å². The van der Waals surface area contributed by atoms with Crippen LogP contribution in [0.15, 0.2) is 23.2 Å². The summed E-state index contributed by atoms with van der Waals surface area (Å²) in [5, 5.41) is 3.82. The van der Waals surface area contributed by atoms with E-state index in [0.717, 1.165) is 35.9 Å². The monoisotopic (exact) mass is 270 g/mol. The minimum absolute atomic E-state index is 0.0494. The predicted octanol–water partition coefficient (Wildman–Crippen LogP) is 4.04. The molecule has 1 unspecified atom stereocenters. The van der Waals surface area contributed by atoms with E-state index in [2.05, 4.69) is 24.2 Å². The van der Waals surface area contributed by atoms with Crippen molar-refractivity contribution in [3.8, 4) is 0 Å². The van der Waals surface area contributed by atoms with Crippen molar-refractivity contribution < 1.29 is 8.78 Å². The zero-order valence-electron chi connectivity index (χ0n) is 10.5. The fraction of sp³-hybridized carbons (Fsp3) is 0.462. The summed E-state index contributed by atoms with van der Waals surface area (Å²) >= 11 is 1.61.